The normalized spacial score (nSPS) is 12.4. The van der Waals surface area contributed by atoms with Gasteiger partial charge in [-0.15, -0.1) is 0 Å². The maximum absolute atomic E-state index is 13.2. The van der Waals surface area contributed by atoms with Gasteiger partial charge in [0.1, 0.15) is 17.1 Å². The summed E-state index contributed by atoms with van der Waals surface area (Å²) in [5.41, 5.74) is 1.47. The molecule has 0 spiro atoms. The summed E-state index contributed by atoms with van der Waals surface area (Å²) in [4.78, 5) is 24.7. The SMILES string of the molecule is CCC(=O)Oc1ccc2c(=O)c(-c3ccc4c(c3)OCO4)c(CC)oc2c1. The Hall–Kier alpha value is -3.28. The molecule has 0 unspecified atom stereocenters. The molecule has 0 fully saturated rings. The van der Waals surface area contributed by atoms with Crippen LogP contribution in [0.5, 0.6) is 17.2 Å². The largest absolute Gasteiger partial charge is 0.460 e. The Kier molecular flexibility index (Phi) is 4.32. The maximum atomic E-state index is 13.2. The molecule has 138 valence electrons. The Bertz CT molecular complexity index is 1100. The second-order valence-corrected chi connectivity index (χ2v) is 6.14. The van der Waals surface area contributed by atoms with Gasteiger partial charge in [-0.05, 0) is 29.8 Å². The first-order valence-electron chi connectivity index (χ1n) is 8.81. The van der Waals surface area contributed by atoms with Crippen LogP contribution in [0.2, 0.25) is 0 Å². The summed E-state index contributed by atoms with van der Waals surface area (Å²) in [7, 11) is 0. The van der Waals surface area contributed by atoms with Crippen LogP contribution in [0.15, 0.2) is 45.6 Å². The lowest BCUT2D eigenvalue weighted by Gasteiger charge is -2.10. The van der Waals surface area contributed by atoms with E-state index in [1.54, 1.807) is 37.3 Å². The Balaban J connectivity index is 1.86. The number of fused-ring (bicyclic) bond motifs is 2. The number of carbonyl (C=O) groups excluding carboxylic acids is 1. The third kappa shape index (κ3) is 3.03. The zero-order chi connectivity index (χ0) is 19.0. The van der Waals surface area contributed by atoms with E-state index in [9.17, 15) is 9.59 Å². The predicted octanol–water partition coefficient (Wildman–Crippen LogP) is 4.07. The van der Waals surface area contributed by atoms with Gasteiger partial charge in [-0.2, -0.15) is 0 Å². The summed E-state index contributed by atoms with van der Waals surface area (Å²) >= 11 is 0. The second kappa shape index (κ2) is 6.79. The molecule has 2 heterocycles. The third-order valence-electron chi connectivity index (χ3n) is 4.44. The lowest BCUT2D eigenvalue weighted by atomic mass is 10.0. The summed E-state index contributed by atoms with van der Waals surface area (Å²) in [6.45, 7) is 3.81. The lowest BCUT2D eigenvalue weighted by molar-refractivity contribution is -0.134. The average molecular weight is 366 g/mol. The topological polar surface area (TPSA) is 75.0 Å². The summed E-state index contributed by atoms with van der Waals surface area (Å²) in [5.74, 6) is 1.84. The number of benzene rings is 2. The quantitative estimate of drug-likeness (QED) is 0.512. The van der Waals surface area contributed by atoms with E-state index in [2.05, 4.69) is 0 Å². The highest BCUT2D eigenvalue weighted by molar-refractivity contribution is 5.85. The number of aryl methyl sites for hydroxylation is 1. The van der Waals surface area contributed by atoms with Gasteiger partial charge in [0, 0.05) is 18.9 Å². The van der Waals surface area contributed by atoms with Gasteiger partial charge in [-0.1, -0.05) is 19.9 Å². The number of esters is 1. The van der Waals surface area contributed by atoms with Crippen molar-refractivity contribution in [1.82, 2.24) is 0 Å². The standard InChI is InChI=1S/C21H18O6/c1-3-15-20(12-5-8-16-18(9-12)25-11-24-16)21(23)14-7-6-13(10-17(14)27-15)26-19(22)4-2/h5-10H,3-4,11H2,1-2H3. The number of rotatable bonds is 4. The van der Waals surface area contributed by atoms with Crippen molar-refractivity contribution in [2.75, 3.05) is 6.79 Å². The van der Waals surface area contributed by atoms with E-state index in [4.69, 9.17) is 18.6 Å². The van der Waals surface area contributed by atoms with Crippen molar-refractivity contribution < 1.29 is 23.4 Å². The molecule has 0 N–H and O–H groups in total. The van der Waals surface area contributed by atoms with E-state index < -0.39 is 0 Å². The minimum absolute atomic E-state index is 0.139. The molecule has 1 aliphatic heterocycles. The van der Waals surface area contributed by atoms with Crippen LogP contribution >= 0.6 is 0 Å². The van der Waals surface area contributed by atoms with Gasteiger partial charge in [0.15, 0.2) is 11.5 Å². The van der Waals surface area contributed by atoms with Crippen LogP contribution in [0.25, 0.3) is 22.1 Å². The molecule has 27 heavy (non-hydrogen) atoms. The molecule has 0 saturated carbocycles. The van der Waals surface area contributed by atoms with E-state index in [1.807, 2.05) is 13.0 Å². The van der Waals surface area contributed by atoms with Gasteiger partial charge >= 0.3 is 5.97 Å². The number of hydrogen-bond acceptors (Lipinski definition) is 6. The molecule has 6 nitrogen and oxygen atoms in total. The molecular weight excluding hydrogens is 348 g/mol. The molecule has 1 aliphatic rings. The summed E-state index contributed by atoms with van der Waals surface area (Å²) in [6.07, 6.45) is 0.805. The molecule has 6 heteroatoms. The fourth-order valence-corrected chi connectivity index (χ4v) is 3.08. The highest BCUT2D eigenvalue weighted by Gasteiger charge is 2.20. The lowest BCUT2D eigenvalue weighted by Crippen LogP contribution is -2.10. The van der Waals surface area contributed by atoms with Crippen molar-refractivity contribution in [3.8, 4) is 28.4 Å². The molecule has 0 bridgehead atoms. The van der Waals surface area contributed by atoms with Crippen molar-refractivity contribution in [1.29, 1.82) is 0 Å². The second-order valence-electron chi connectivity index (χ2n) is 6.14. The Morgan fingerprint density at radius 1 is 1.07 bits per heavy atom. The third-order valence-corrected chi connectivity index (χ3v) is 4.44. The number of hydrogen-bond donors (Lipinski definition) is 0. The van der Waals surface area contributed by atoms with E-state index >= 15 is 0 Å². The van der Waals surface area contributed by atoms with Crippen LogP contribution in [0, 0.1) is 0 Å². The van der Waals surface area contributed by atoms with Crippen LogP contribution in [0.1, 0.15) is 26.0 Å². The van der Waals surface area contributed by atoms with Gasteiger partial charge in [-0.3, -0.25) is 9.59 Å². The molecule has 2 aromatic carbocycles. The van der Waals surface area contributed by atoms with Crippen LogP contribution in [0.4, 0.5) is 0 Å². The van der Waals surface area contributed by atoms with Crippen LogP contribution in [0.3, 0.4) is 0 Å². The fraction of sp³-hybridized carbons (Fsp3) is 0.238. The molecule has 0 atom stereocenters. The first-order valence-corrected chi connectivity index (χ1v) is 8.81. The molecule has 0 amide bonds. The zero-order valence-corrected chi connectivity index (χ0v) is 15.0. The Morgan fingerprint density at radius 2 is 1.89 bits per heavy atom. The van der Waals surface area contributed by atoms with E-state index in [0.717, 1.165) is 0 Å². The van der Waals surface area contributed by atoms with E-state index in [1.165, 1.54) is 0 Å². The fourth-order valence-electron chi connectivity index (χ4n) is 3.08. The first kappa shape index (κ1) is 17.1. The number of carbonyl (C=O) groups is 1. The summed E-state index contributed by atoms with van der Waals surface area (Å²) < 4.78 is 22.0. The Morgan fingerprint density at radius 3 is 2.67 bits per heavy atom. The van der Waals surface area contributed by atoms with Crippen molar-refractivity contribution in [3.05, 3.63) is 52.4 Å². The van der Waals surface area contributed by atoms with Crippen molar-refractivity contribution in [2.24, 2.45) is 0 Å². The molecule has 0 radical (unpaired) electrons. The minimum atomic E-state index is -0.343. The van der Waals surface area contributed by atoms with Crippen molar-refractivity contribution in [3.63, 3.8) is 0 Å². The predicted molar refractivity (Wildman–Crippen MR) is 99.3 cm³/mol. The smallest absolute Gasteiger partial charge is 0.310 e. The van der Waals surface area contributed by atoms with Gasteiger partial charge in [0.05, 0.1) is 10.9 Å². The minimum Gasteiger partial charge on any atom is -0.460 e. The summed E-state index contributed by atoms with van der Waals surface area (Å²) in [5, 5.41) is 0.427. The van der Waals surface area contributed by atoms with Gasteiger partial charge in [0.25, 0.3) is 0 Å². The van der Waals surface area contributed by atoms with E-state index in [0.29, 0.717) is 51.5 Å². The van der Waals surface area contributed by atoms with Gasteiger partial charge in [-0.25, -0.2) is 0 Å². The van der Waals surface area contributed by atoms with Crippen LogP contribution in [-0.4, -0.2) is 12.8 Å². The Labute approximate surface area is 155 Å². The van der Waals surface area contributed by atoms with Crippen LogP contribution in [-0.2, 0) is 11.2 Å². The molecular formula is C21H18O6. The highest BCUT2D eigenvalue weighted by atomic mass is 16.7. The summed E-state index contributed by atoms with van der Waals surface area (Å²) in [6, 6.07) is 10.2. The highest BCUT2D eigenvalue weighted by Crippen LogP contribution is 2.36. The van der Waals surface area contributed by atoms with Crippen molar-refractivity contribution in [2.45, 2.75) is 26.7 Å². The molecule has 1 aromatic heterocycles. The maximum Gasteiger partial charge on any atom is 0.310 e. The van der Waals surface area contributed by atoms with Crippen molar-refractivity contribution >= 4 is 16.9 Å². The van der Waals surface area contributed by atoms with Gasteiger partial charge < -0.3 is 18.6 Å². The molecule has 4 rings (SSSR count). The molecule has 3 aromatic rings. The average Bonchev–Trinajstić information content (AvgIpc) is 3.15. The van der Waals surface area contributed by atoms with E-state index in [-0.39, 0.29) is 24.6 Å². The first-order chi connectivity index (χ1) is 13.1. The van der Waals surface area contributed by atoms with Gasteiger partial charge in [0.2, 0.25) is 12.2 Å². The monoisotopic (exact) mass is 366 g/mol. The van der Waals surface area contributed by atoms with Crippen LogP contribution < -0.4 is 19.6 Å². The zero-order valence-electron chi connectivity index (χ0n) is 15.0. The molecule has 0 aliphatic carbocycles. The number of ether oxygens (including phenoxy) is 3. The molecule has 0 saturated heterocycles.